The van der Waals surface area contributed by atoms with Crippen molar-refractivity contribution in [2.75, 3.05) is 19.8 Å². The Kier molecular flexibility index (Phi) is 7.32. The number of aliphatic imine (C=N–C) groups is 1. The van der Waals surface area contributed by atoms with Gasteiger partial charge in [0, 0.05) is 6.42 Å². The molecule has 2 heterocycles. The van der Waals surface area contributed by atoms with Gasteiger partial charge in [-0.15, -0.1) is 0 Å². The normalized spacial score (nSPS) is 14.2. The first kappa shape index (κ1) is 22.5. The number of hydrogen-bond donors (Lipinski definition) is 0. The number of hydrogen-bond acceptors (Lipinski definition) is 7. The molecule has 1 aromatic heterocycles. The van der Waals surface area contributed by atoms with Gasteiger partial charge in [-0.25, -0.2) is 9.79 Å². The molecule has 0 aliphatic carbocycles. The Labute approximate surface area is 196 Å². The predicted octanol–water partition coefficient (Wildman–Crippen LogP) is 5.52. The van der Waals surface area contributed by atoms with Crippen LogP contribution >= 0.6 is 11.6 Å². The largest absolute Gasteiger partial charge is 0.493 e. The molecule has 3 aromatic rings. The molecule has 0 unspecified atom stereocenters. The van der Waals surface area contributed by atoms with Gasteiger partial charge in [-0.1, -0.05) is 29.8 Å². The average Bonchev–Trinajstić information content (AvgIpc) is 3.46. The van der Waals surface area contributed by atoms with Gasteiger partial charge in [-0.3, -0.25) is 0 Å². The number of carbonyl (C=O) groups is 1. The monoisotopic (exact) mass is 467 g/mol. The second-order valence-corrected chi connectivity index (χ2v) is 7.35. The van der Waals surface area contributed by atoms with Crippen molar-refractivity contribution in [2.24, 2.45) is 4.99 Å². The third-order valence-electron chi connectivity index (χ3n) is 4.53. The maximum Gasteiger partial charge on any atom is 0.363 e. The molecule has 0 saturated carbocycles. The standard InChI is InChI=1S/C25H22ClNO6/c1-2-29-22-16-17(15-20-25(28)33-24(27-20)21-10-6-11-31-21)14-19(26)23(22)32-13-7-12-30-18-8-4-3-5-9-18/h3-6,8-11,14-16H,2,7,12-13H2,1H3. The summed E-state index contributed by atoms with van der Waals surface area (Å²) in [6.45, 7) is 3.20. The van der Waals surface area contributed by atoms with E-state index in [2.05, 4.69) is 4.99 Å². The molecule has 0 N–H and O–H groups in total. The quantitative estimate of drug-likeness (QED) is 0.222. The summed E-state index contributed by atoms with van der Waals surface area (Å²) in [5, 5.41) is 0.360. The van der Waals surface area contributed by atoms with Crippen molar-refractivity contribution >= 4 is 29.5 Å². The topological polar surface area (TPSA) is 79.5 Å². The number of cyclic esters (lactones) is 1. The van der Waals surface area contributed by atoms with Crippen LogP contribution in [-0.4, -0.2) is 31.7 Å². The molecular formula is C25H22ClNO6. The van der Waals surface area contributed by atoms with E-state index in [1.54, 1.807) is 30.3 Å². The first-order valence-corrected chi connectivity index (χ1v) is 10.8. The third-order valence-corrected chi connectivity index (χ3v) is 4.82. The highest BCUT2D eigenvalue weighted by Gasteiger charge is 2.26. The van der Waals surface area contributed by atoms with E-state index in [9.17, 15) is 4.79 Å². The van der Waals surface area contributed by atoms with Crippen LogP contribution in [0.25, 0.3) is 6.08 Å². The maximum atomic E-state index is 12.2. The Balaban J connectivity index is 1.44. The summed E-state index contributed by atoms with van der Waals surface area (Å²) in [5.74, 6) is 1.64. The summed E-state index contributed by atoms with van der Waals surface area (Å²) in [5.41, 5.74) is 0.756. The molecule has 1 aliphatic rings. The fourth-order valence-corrected chi connectivity index (χ4v) is 3.36. The number of rotatable bonds is 10. The van der Waals surface area contributed by atoms with Crippen molar-refractivity contribution in [3.05, 3.63) is 82.9 Å². The van der Waals surface area contributed by atoms with Gasteiger partial charge in [0.1, 0.15) is 5.75 Å². The molecule has 8 heteroatoms. The molecule has 0 atom stereocenters. The summed E-state index contributed by atoms with van der Waals surface area (Å²) in [6, 6.07) is 16.4. The lowest BCUT2D eigenvalue weighted by Gasteiger charge is -2.15. The number of halogens is 1. The molecule has 4 rings (SSSR count). The molecular weight excluding hydrogens is 446 g/mol. The first-order valence-electron chi connectivity index (χ1n) is 10.5. The molecule has 0 amide bonds. The lowest BCUT2D eigenvalue weighted by atomic mass is 10.1. The van der Waals surface area contributed by atoms with Crippen molar-refractivity contribution in [1.82, 2.24) is 0 Å². The van der Waals surface area contributed by atoms with E-state index < -0.39 is 5.97 Å². The second-order valence-electron chi connectivity index (χ2n) is 6.94. The van der Waals surface area contributed by atoms with Gasteiger partial charge in [-0.2, -0.15) is 0 Å². The lowest BCUT2D eigenvalue weighted by Crippen LogP contribution is -2.06. The van der Waals surface area contributed by atoms with E-state index in [4.69, 9.17) is 35.0 Å². The summed E-state index contributed by atoms with van der Waals surface area (Å²) in [6.07, 6.45) is 3.72. The van der Waals surface area contributed by atoms with Crippen LogP contribution in [0.5, 0.6) is 17.2 Å². The Bertz CT molecular complexity index is 1160. The molecule has 7 nitrogen and oxygen atoms in total. The van der Waals surface area contributed by atoms with Gasteiger partial charge in [0.2, 0.25) is 0 Å². The van der Waals surface area contributed by atoms with Crippen LogP contribution in [0.15, 0.2) is 76.0 Å². The van der Waals surface area contributed by atoms with Crippen LogP contribution < -0.4 is 14.2 Å². The van der Waals surface area contributed by atoms with Gasteiger partial charge in [0.15, 0.2) is 23.0 Å². The molecule has 0 fully saturated rings. The lowest BCUT2D eigenvalue weighted by molar-refractivity contribution is -0.130. The minimum Gasteiger partial charge on any atom is -0.493 e. The Morgan fingerprint density at radius 3 is 2.61 bits per heavy atom. The molecule has 0 saturated heterocycles. The molecule has 170 valence electrons. The Morgan fingerprint density at radius 1 is 1.03 bits per heavy atom. The molecule has 0 radical (unpaired) electrons. The van der Waals surface area contributed by atoms with Gasteiger partial charge < -0.3 is 23.4 Å². The zero-order valence-electron chi connectivity index (χ0n) is 18.0. The molecule has 33 heavy (non-hydrogen) atoms. The number of benzene rings is 2. The zero-order chi connectivity index (χ0) is 23.0. The van der Waals surface area contributed by atoms with Crippen LogP contribution in [0.2, 0.25) is 5.02 Å². The third kappa shape index (κ3) is 5.75. The van der Waals surface area contributed by atoms with Crippen LogP contribution in [0.3, 0.4) is 0 Å². The van der Waals surface area contributed by atoms with Crippen LogP contribution in [0.1, 0.15) is 24.7 Å². The summed E-state index contributed by atoms with van der Waals surface area (Å²) in [4.78, 5) is 16.4. The van der Waals surface area contributed by atoms with Crippen molar-refractivity contribution in [2.45, 2.75) is 13.3 Å². The SMILES string of the molecule is CCOc1cc(C=C2N=C(c3ccco3)OC2=O)cc(Cl)c1OCCCOc1ccccc1. The molecule has 1 aliphatic heterocycles. The van der Waals surface area contributed by atoms with Gasteiger partial charge in [0.25, 0.3) is 5.90 Å². The predicted molar refractivity (Wildman–Crippen MR) is 124 cm³/mol. The van der Waals surface area contributed by atoms with Crippen LogP contribution in [0.4, 0.5) is 0 Å². The number of carbonyl (C=O) groups excluding carboxylic acids is 1. The summed E-state index contributed by atoms with van der Waals surface area (Å²) in [7, 11) is 0. The van der Waals surface area contributed by atoms with Gasteiger partial charge in [0.05, 0.1) is 31.1 Å². The van der Waals surface area contributed by atoms with E-state index >= 15 is 0 Å². The van der Waals surface area contributed by atoms with Crippen LogP contribution in [-0.2, 0) is 9.53 Å². The number of esters is 1. The Hall–Kier alpha value is -3.71. The summed E-state index contributed by atoms with van der Waals surface area (Å²) < 4.78 is 27.7. The number of ether oxygens (including phenoxy) is 4. The maximum absolute atomic E-state index is 12.2. The van der Waals surface area contributed by atoms with E-state index in [0.29, 0.717) is 54.1 Å². The Morgan fingerprint density at radius 2 is 1.85 bits per heavy atom. The molecule has 0 bridgehead atoms. The summed E-state index contributed by atoms with van der Waals surface area (Å²) >= 11 is 6.48. The smallest absolute Gasteiger partial charge is 0.363 e. The van der Waals surface area contributed by atoms with E-state index in [0.717, 1.165) is 5.75 Å². The zero-order valence-corrected chi connectivity index (χ0v) is 18.7. The number of nitrogens with zero attached hydrogens (tertiary/aromatic N) is 1. The van der Waals surface area contributed by atoms with Gasteiger partial charge in [-0.05, 0) is 55.0 Å². The fraction of sp³-hybridized carbons (Fsp3) is 0.200. The molecule has 2 aromatic carbocycles. The minimum atomic E-state index is -0.575. The fourth-order valence-electron chi connectivity index (χ4n) is 3.09. The van der Waals surface area contributed by atoms with Crippen LogP contribution in [0, 0.1) is 0 Å². The van der Waals surface area contributed by atoms with Gasteiger partial charge >= 0.3 is 5.97 Å². The highest BCUT2D eigenvalue weighted by Crippen LogP contribution is 2.37. The number of para-hydroxylation sites is 1. The van der Waals surface area contributed by atoms with E-state index in [1.165, 1.54) is 6.26 Å². The van der Waals surface area contributed by atoms with E-state index in [-0.39, 0.29) is 11.6 Å². The van der Waals surface area contributed by atoms with Crippen molar-refractivity contribution < 1.29 is 28.2 Å². The number of furan rings is 1. The highest BCUT2D eigenvalue weighted by atomic mass is 35.5. The average molecular weight is 468 g/mol. The van der Waals surface area contributed by atoms with Crippen molar-refractivity contribution in [3.63, 3.8) is 0 Å². The minimum absolute atomic E-state index is 0.116. The first-order chi connectivity index (χ1) is 16.1. The van der Waals surface area contributed by atoms with E-state index in [1.807, 2.05) is 37.3 Å². The second kappa shape index (κ2) is 10.7. The molecule has 0 spiro atoms. The highest BCUT2D eigenvalue weighted by molar-refractivity contribution is 6.32. The van der Waals surface area contributed by atoms with Crippen molar-refractivity contribution in [1.29, 1.82) is 0 Å². The van der Waals surface area contributed by atoms with Crippen molar-refractivity contribution in [3.8, 4) is 17.2 Å².